The largest absolute Gasteiger partial charge is 0.321 e. The van der Waals surface area contributed by atoms with Gasteiger partial charge < -0.3 is 5.32 Å². The van der Waals surface area contributed by atoms with Crippen LogP contribution in [0, 0.1) is 6.92 Å². The van der Waals surface area contributed by atoms with E-state index in [0.717, 1.165) is 16.5 Å². The van der Waals surface area contributed by atoms with Crippen molar-refractivity contribution < 1.29 is 13.2 Å². The third kappa shape index (κ3) is 5.42. The third-order valence-electron chi connectivity index (χ3n) is 5.35. The fraction of sp³-hybridized carbons (Fsp3) is 0.208. The molecule has 0 atom stereocenters. The van der Waals surface area contributed by atoms with Crippen molar-refractivity contribution in [1.82, 2.24) is 0 Å². The number of benzene rings is 2. The van der Waals surface area contributed by atoms with Gasteiger partial charge in [0.25, 0.3) is 5.91 Å². The number of halogens is 2. The maximum atomic E-state index is 13.0. The van der Waals surface area contributed by atoms with Crippen molar-refractivity contribution in [1.29, 1.82) is 0 Å². The Morgan fingerprint density at radius 2 is 1.76 bits per heavy atom. The van der Waals surface area contributed by atoms with E-state index in [2.05, 4.69) is 42.3 Å². The molecule has 0 spiro atoms. The van der Waals surface area contributed by atoms with Crippen LogP contribution in [0.5, 0.6) is 0 Å². The van der Waals surface area contributed by atoms with Gasteiger partial charge in [0.15, 0.2) is 0 Å². The maximum absolute atomic E-state index is 13.0. The van der Waals surface area contributed by atoms with Crippen molar-refractivity contribution in [3.63, 3.8) is 0 Å². The van der Waals surface area contributed by atoms with Crippen molar-refractivity contribution in [2.24, 2.45) is 0 Å². The van der Waals surface area contributed by atoms with E-state index in [0.29, 0.717) is 21.0 Å². The number of hydrogen-bond acceptors (Lipinski definition) is 5. The molecule has 1 amide bonds. The van der Waals surface area contributed by atoms with Crippen LogP contribution >= 0.6 is 45.9 Å². The lowest BCUT2D eigenvalue weighted by Gasteiger charge is -2.25. The molecule has 2 N–H and O–H groups in total. The molecule has 0 radical (unpaired) electrons. The number of carbonyl (C=O) groups excluding carboxylic acids is 1. The first-order chi connectivity index (χ1) is 15.8. The van der Waals surface area contributed by atoms with E-state index < -0.39 is 10.0 Å². The normalized spacial score (nSPS) is 12.2. The molecule has 10 heteroatoms. The quantitative estimate of drug-likeness (QED) is 0.259. The minimum Gasteiger partial charge on any atom is -0.321 e. The number of anilines is 2. The number of amides is 1. The van der Waals surface area contributed by atoms with Gasteiger partial charge in [-0.2, -0.15) is 0 Å². The van der Waals surface area contributed by atoms with Crippen LogP contribution in [0.1, 0.15) is 39.5 Å². The van der Waals surface area contributed by atoms with E-state index in [1.54, 1.807) is 35.6 Å². The Morgan fingerprint density at radius 3 is 2.41 bits per heavy atom. The molecule has 0 unspecified atom stereocenters. The Bertz CT molecular complexity index is 1520. The lowest BCUT2D eigenvalue weighted by atomic mass is 9.83. The fourth-order valence-corrected chi connectivity index (χ4v) is 6.73. The molecule has 178 valence electrons. The van der Waals surface area contributed by atoms with Crippen molar-refractivity contribution in [3.05, 3.63) is 78.8 Å². The number of thiophene rings is 2. The van der Waals surface area contributed by atoms with E-state index >= 15 is 0 Å². The minimum absolute atomic E-state index is 0.261. The van der Waals surface area contributed by atoms with E-state index in [1.807, 2.05) is 12.1 Å². The lowest BCUT2D eigenvalue weighted by Crippen LogP contribution is -2.18. The topological polar surface area (TPSA) is 75.3 Å². The predicted octanol–water partition coefficient (Wildman–Crippen LogP) is 7.53. The van der Waals surface area contributed by atoms with Crippen LogP contribution in [0.4, 0.5) is 11.4 Å². The third-order valence-corrected chi connectivity index (χ3v) is 8.94. The Morgan fingerprint density at radius 1 is 1.03 bits per heavy atom. The first-order valence-corrected chi connectivity index (χ1v) is 14.5. The Labute approximate surface area is 216 Å². The summed E-state index contributed by atoms with van der Waals surface area (Å²) in [5.74, 6) is -0.284. The Kier molecular flexibility index (Phi) is 6.74. The highest BCUT2D eigenvalue weighted by Gasteiger charge is 2.26. The number of sulfonamides is 1. The summed E-state index contributed by atoms with van der Waals surface area (Å²) in [6.45, 7) is 6.33. The summed E-state index contributed by atoms with van der Waals surface area (Å²) in [5.41, 5.74) is 2.80. The van der Waals surface area contributed by atoms with Crippen LogP contribution in [0.25, 0.3) is 10.1 Å². The SMILES string of the molecule is Cc1csc(C(C)(C)c2cc(Cl)cc(NC(=O)c3cc4cc(NS(C)(=O)=O)c(Cl)cc4s3)c2)c1. The molecule has 0 saturated heterocycles. The van der Waals surface area contributed by atoms with Gasteiger partial charge in [0.05, 0.1) is 21.8 Å². The number of fused-ring (bicyclic) bond motifs is 1. The smallest absolute Gasteiger partial charge is 0.265 e. The summed E-state index contributed by atoms with van der Waals surface area (Å²) < 4.78 is 26.3. The van der Waals surface area contributed by atoms with Gasteiger partial charge >= 0.3 is 0 Å². The van der Waals surface area contributed by atoms with Crippen molar-refractivity contribution in [2.75, 3.05) is 16.3 Å². The van der Waals surface area contributed by atoms with Crippen LogP contribution in [0.2, 0.25) is 10.0 Å². The summed E-state index contributed by atoms with van der Waals surface area (Å²) in [4.78, 5) is 14.7. The molecule has 4 rings (SSSR count). The van der Waals surface area contributed by atoms with Gasteiger partial charge in [-0.1, -0.05) is 37.0 Å². The molecule has 2 aromatic carbocycles. The van der Waals surface area contributed by atoms with Gasteiger partial charge in [0, 0.05) is 25.7 Å². The second kappa shape index (κ2) is 9.17. The number of carbonyl (C=O) groups is 1. The molecule has 2 aromatic heterocycles. The number of aryl methyl sites for hydroxylation is 1. The first-order valence-electron chi connectivity index (χ1n) is 10.2. The summed E-state index contributed by atoms with van der Waals surface area (Å²) in [7, 11) is -3.48. The molecule has 0 aliphatic heterocycles. The van der Waals surface area contributed by atoms with Gasteiger partial charge in [-0.3, -0.25) is 9.52 Å². The molecule has 4 aromatic rings. The lowest BCUT2D eigenvalue weighted by molar-refractivity contribution is 0.103. The zero-order chi connectivity index (χ0) is 24.8. The van der Waals surface area contributed by atoms with E-state index in [4.69, 9.17) is 23.2 Å². The number of rotatable bonds is 6. The molecule has 0 aliphatic rings. The minimum atomic E-state index is -3.48. The number of nitrogens with one attached hydrogen (secondary N) is 2. The van der Waals surface area contributed by atoms with Gasteiger partial charge in [-0.05, 0) is 71.3 Å². The molecule has 0 aliphatic carbocycles. The standard InChI is InChI=1S/C24H22Cl2N2O3S3/c1-13-5-22(32-12-13)24(2,3)15-8-16(25)10-17(9-15)27-23(29)21-7-14-6-19(28-34(4,30)31)18(26)11-20(14)33-21/h5-12,28H,1-4H3,(H,27,29). The highest BCUT2D eigenvalue weighted by molar-refractivity contribution is 7.92. The highest BCUT2D eigenvalue weighted by atomic mass is 35.5. The Hall–Kier alpha value is -2.10. The van der Waals surface area contributed by atoms with Crippen LogP contribution in [-0.2, 0) is 15.4 Å². The zero-order valence-corrected chi connectivity index (χ0v) is 22.8. The summed E-state index contributed by atoms with van der Waals surface area (Å²) >= 11 is 15.6. The molecule has 2 heterocycles. The van der Waals surface area contributed by atoms with Crippen LogP contribution in [0.3, 0.4) is 0 Å². The van der Waals surface area contributed by atoms with Crippen LogP contribution < -0.4 is 10.0 Å². The zero-order valence-electron chi connectivity index (χ0n) is 18.8. The molecular weight excluding hydrogens is 531 g/mol. The monoisotopic (exact) mass is 552 g/mol. The Balaban J connectivity index is 1.62. The average Bonchev–Trinajstić information content (AvgIpc) is 3.33. The van der Waals surface area contributed by atoms with E-state index in [1.165, 1.54) is 21.8 Å². The summed E-state index contributed by atoms with van der Waals surface area (Å²) in [5, 5.41) is 6.57. The van der Waals surface area contributed by atoms with Crippen molar-refractivity contribution >= 4 is 83.3 Å². The number of hydrogen-bond donors (Lipinski definition) is 2. The molecule has 0 fully saturated rings. The van der Waals surface area contributed by atoms with Crippen LogP contribution in [-0.4, -0.2) is 20.6 Å². The van der Waals surface area contributed by atoms with Crippen molar-refractivity contribution in [2.45, 2.75) is 26.2 Å². The molecule has 5 nitrogen and oxygen atoms in total. The van der Waals surface area contributed by atoms with Gasteiger partial charge in [0.2, 0.25) is 10.0 Å². The summed E-state index contributed by atoms with van der Waals surface area (Å²) in [6.07, 6.45) is 1.06. The van der Waals surface area contributed by atoms with Crippen molar-refractivity contribution in [3.8, 4) is 0 Å². The van der Waals surface area contributed by atoms with E-state index in [-0.39, 0.29) is 22.0 Å². The maximum Gasteiger partial charge on any atom is 0.265 e. The van der Waals surface area contributed by atoms with Gasteiger partial charge in [-0.25, -0.2) is 8.42 Å². The molecule has 0 saturated carbocycles. The van der Waals surface area contributed by atoms with Gasteiger partial charge in [-0.15, -0.1) is 22.7 Å². The molecule has 0 bridgehead atoms. The average molecular weight is 554 g/mol. The van der Waals surface area contributed by atoms with E-state index in [9.17, 15) is 13.2 Å². The predicted molar refractivity (Wildman–Crippen MR) is 146 cm³/mol. The molecule has 34 heavy (non-hydrogen) atoms. The second-order valence-corrected chi connectivity index (χ2v) is 13.2. The van der Waals surface area contributed by atoms with Gasteiger partial charge in [0.1, 0.15) is 0 Å². The molecular formula is C24H22Cl2N2O3S3. The first kappa shape index (κ1) is 25.0. The summed E-state index contributed by atoms with van der Waals surface area (Å²) in [6, 6.07) is 12.7. The van der Waals surface area contributed by atoms with Crippen LogP contribution in [0.15, 0.2) is 47.8 Å². The second-order valence-electron chi connectivity index (χ2n) is 8.65. The highest BCUT2D eigenvalue weighted by Crippen LogP contribution is 2.38. The fourth-order valence-electron chi connectivity index (χ4n) is 3.57.